The number of hydrogen-bond acceptors (Lipinski definition) is 5. The van der Waals surface area contributed by atoms with Crippen LogP contribution in [0.1, 0.15) is 10.4 Å². The molecule has 9 aromatic rings. The minimum Gasteiger partial charge on any atom is -0.456 e. The van der Waals surface area contributed by atoms with E-state index in [1.807, 2.05) is 24.3 Å². The molecular formula is C42H27N3OS. The molecule has 2 N–H and O–H groups in total. The minimum atomic E-state index is 0.417. The largest absolute Gasteiger partial charge is 0.456 e. The van der Waals surface area contributed by atoms with Gasteiger partial charge in [-0.15, -0.1) is 11.3 Å². The fourth-order valence-corrected chi connectivity index (χ4v) is 8.42. The average Bonchev–Trinajstić information content (AvgIpc) is 3.66. The summed E-state index contributed by atoms with van der Waals surface area (Å²) >= 11 is 1.69. The average molecular weight is 622 g/mol. The summed E-state index contributed by atoms with van der Waals surface area (Å²) in [6.07, 6.45) is 0. The number of anilines is 3. The molecule has 1 aliphatic heterocycles. The van der Waals surface area contributed by atoms with Crippen molar-refractivity contribution in [1.29, 1.82) is 0 Å². The zero-order valence-corrected chi connectivity index (χ0v) is 26.1. The highest BCUT2D eigenvalue weighted by atomic mass is 32.1. The summed E-state index contributed by atoms with van der Waals surface area (Å²) in [6, 6.07) is 49.3. The van der Waals surface area contributed by atoms with Gasteiger partial charge in [0.05, 0.1) is 27.7 Å². The number of benzene rings is 7. The molecule has 0 fully saturated rings. The van der Waals surface area contributed by atoms with E-state index >= 15 is 0 Å². The Bertz CT molecular complexity index is 2750. The molecule has 0 unspecified atom stereocenters. The number of nitrogens with zero attached hydrogens (tertiary/aromatic N) is 2. The van der Waals surface area contributed by atoms with E-state index in [2.05, 4.69) is 120 Å². The van der Waals surface area contributed by atoms with Gasteiger partial charge >= 0.3 is 0 Å². The van der Waals surface area contributed by atoms with Gasteiger partial charge in [-0.3, -0.25) is 4.99 Å². The third kappa shape index (κ3) is 3.97. The number of para-hydroxylation sites is 1. The number of hydrogen-bond donors (Lipinski definition) is 1. The van der Waals surface area contributed by atoms with Gasteiger partial charge < -0.3 is 15.1 Å². The van der Waals surface area contributed by atoms with Gasteiger partial charge in [-0.1, -0.05) is 97.1 Å². The van der Waals surface area contributed by atoms with Crippen molar-refractivity contribution in [3.8, 4) is 11.1 Å². The number of rotatable bonds is 4. The molecule has 47 heavy (non-hydrogen) atoms. The topological polar surface area (TPSA) is 54.8 Å². The maximum atomic E-state index is 6.92. The first-order valence-electron chi connectivity index (χ1n) is 15.8. The molecule has 0 atom stereocenters. The molecule has 0 radical (unpaired) electrons. The maximum Gasteiger partial charge on any atom is 0.136 e. The first-order valence-corrected chi connectivity index (χ1v) is 16.6. The lowest BCUT2D eigenvalue weighted by Gasteiger charge is -2.33. The second kappa shape index (κ2) is 10.0. The monoisotopic (exact) mass is 621 g/mol. The fourth-order valence-electron chi connectivity index (χ4n) is 7.27. The summed E-state index contributed by atoms with van der Waals surface area (Å²) in [5.41, 5.74) is 16.0. The molecule has 0 spiro atoms. The highest BCUT2D eigenvalue weighted by molar-refractivity contribution is 7.21. The predicted octanol–water partition coefficient (Wildman–Crippen LogP) is 11.3. The van der Waals surface area contributed by atoms with E-state index in [4.69, 9.17) is 15.1 Å². The van der Waals surface area contributed by atoms with Crippen LogP contribution in [0.4, 0.5) is 17.1 Å². The van der Waals surface area contributed by atoms with Gasteiger partial charge in [0.15, 0.2) is 0 Å². The third-order valence-electron chi connectivity index (χ3n) is 9.49. The van der Waals surface area contributed by atoms with Crippen LogP contribution in [0.2, 0.25) is 0 Å². The molecular weight excluding hydrogens is 595 g/mol. The predicted molar refractivity (Wildman–Crippen MR) is 199 cm³/mol. The number of fused-ring (bicyclic) bond motifs is 7. The zero-order chi connectivity index (χ0) is 31.1. The lowest BCUT2D eigenvalue weighted by Crippen LogP contribution is -2.22. The van der Waals surface area contributed by atoms with Crippen molar-refractivity contribution in [2.75, 3.05) is 17.3 Å². The summed E-state index contributed by atoms with van der Waals surface area (Å²) in [7, 11) is 0. The summed E-state index contributed by atoms with van der Waals surface area (Å²) in [6.45, 7) is 0.417. The Morgan fingerprint density at radius 1 is 0.617 bits per heavy atom. The highest BCUT2D eigenvalue weighted by Gasteiger charge is 2.26. The summed E-state index contributed by atoms with van der Waals surface area (Å²) in [5, 5.41) is 8.15. The van der Waals surface area contributed by atoms with Crippen LogP contribution >= 0.6 is 11.3 Å². The minimum absolute atomic E-state index is 0.417. The van der Waals surface area contributed by atoms with E-state index in [0.29, 0.717) is 6.67 Å². The molecule has 2 aromatic heterocycles. The van der Waals surface area contributed by atoms with Crippen LogP contribution in [0.5, 0.6) is 0 Å². The van der Waals surface area contributed by atoms with Gasteiger partial charge in [0.2, 0.25) is 0 Å². The van der Waals surface area contributed by atoms with E-state index in [0.717, 1.165) is 65.2 Å². The van der Waals surface area contributed by atoms with E-state index in [9.17, 15) is 0 Å². The lowest BCUT2D eigenvalue weighted by molar-refractivity contribution is 0.669. The van der Waals surface area contributed by atoms with Crippen LogP contribution in [-0.4, -0.2) is 12.4 Å². The highest BCUT2D eigenvalue weighted by Crippen LogP contribution is 2.49. The number of nitrogens with two attached hydrogens (primary N) is 1. The van der Waals surface area contributed by atoms with Crippen LogP contribution in [-0.2, 0) is 0 Å². The normalized spacial score (nSPS) is 12.9. The molecule has 0 saturated carbocycles. The molecule has 0 amide bonds. The maximum absolute atomic E-state index is 6.92. The Kier molecular flexibility index (Phi) is 5.63. The molecule has 5 heteroatoms. The van der Waals surface area contributed by atoms with Gasteiger partial charge in [-0.05, 0) is 64.2 Å². The first-order chi connectivity index (χ1) is 23.2. The van der Waals surface area contributed by atoms with Crippen molar-refractivity contribution in [2.24, 2.45) is 4.99 Å². The molecule has 10 rings (SSSR count). The molecule has 0 aliphatic carbocycles. The van der Waals surface area contributed by atoms with E-state index < -0.39 is 0 Å². The molecule has 7 aromatic carbocycles. The van der Waals surface area contributed by atoms with Gasteiger partial charge in [0.25, 0.3) is 0 Å². The van der Waals surface area contributed by atoms with Crippen molar-refractivity contribution in [3.05, 3.63) is 150 Å². The van der Waals surface area contributed by atoms with Crippen LogP contribution < -0.4 is 10.6 Å². The second-order valence-corrected chi connectivity index (χ2v) is 13.2. The second-order valence-electron chi connectivity index (χ2n) is 12.1. The van der Waals surface area contributed by atoms with Crippen LogP contribution in [0.25, 0.3) is 64.7 Å². The molecule has 0 bridgehead atoms. The molecule has 222 valence electrons. The molecule has 4 nitrogen and oxygen atoms in total. The molecule has 3 heterocycles. The standard InChI is InChI=1S/C42H27N3OS/c43-40-32-14-4-6-18-38(32)47-42(40)41(28-19-20-30-29-13-3-5-17-36(29)46-37(30)23-28)44-24-45-34-16-8-12-25-11-7-15-31(39(25)34)33-21-26-9-1-2-10-27(26)22-35(33)45/h1-23H,24,43H2/b44-41-. The number of thiophene rings is 1. The first kappa shape index (κ1) is 26.3. The summed E-state index contributed by atoms with van der Waals surface area (Å²) < 4.78 is 7.48. The third-order valence-corrected chi connectivity index (χ3v) is 10.7. The Balaban J connectivity index is 1.20. The summed E-state index contributed by atoms with van der Waals surface area (Å²) in [4.78, 5) is 8.80. The number of aliphatic imine (C=N–C) groups is 1. The smallest absolute Gasteiger partial charge is 0.136 e. The van der Waals surface area contributed by atoms with Crippen molar-refractivity contribution >= 4 is 87.7 Å². The number of nitrogen functional groups attached to an aromatic ring is 1. The molecule has 0 saturated heterocycles. The van der Waals surface area contributed by atoms with Gasteiger partial charge in [-0.2, -0.15) is 0 Å². The molecule has 1 aliphatic rings. The van der Waals surface area contributed by atoms with Crippen LogP contribution in [0.15, 0.2) is 149 Å². The Labute approximate surface area is 274 Å². The zero-order valence-electron chi connectivity index (χ0n) is 25.3. The number of furan rings is 1. The Hall–Kier alpha value is -5.91. The van der Waals surface area contributed by atoms with Gasteiger partial charge in [-0.25, -0.2) is 0 Å². The Morgan fingerprint density at radius 2 is 1.34 bits per heavy atom. The van der Waals surface area contributed by atoms with Crippen molar-refractivity contribution in [1.82, 2.24) is 0 Å². The van der Waals surface area contributed by atoms with Crippen molar-refractivity contribution < 1.29 is 4.42 Å². The van der Waals surface area contributed by atoms with Crippen LogP contribution in [0.3, 0.4) is 0 Å². The van der Waals surface area contributed by atoms with E-state index in [-0.39, 0.29) is 0 Å². The Morgan fingerprint density at radius 3 is 2.21 bits per heavy atom. The van der Waals surface area contributed by atoms with Gasteiger partial charge in [0.1, 0.15) is 17.8 Å². The lowest BCUT2D eigenvalue weighted by atomic mass is 9.90. The fraction of sp³-hybridized carbons (Fsp3) is 0.0238. The van der Waals surface area contributed by atoms with Crippen LogP contribution in [0, 0.1) is 0 Å². The van der Waals surface area contributed by atoms with Crippen molar-refractivity contribution in [3.63, 3.8) is 0 Å². The van der Waals surface area contributed by atoms with Gasteiger partial charge in [0, 0.05) is 37.4 Å². The SMILES string of the molecule is Nc1c(/C(=N\CN2c3cc4ccccc4cc3-c3cccc4cccc2c34)c2ccc3c(c2)oc2ccccc23)sc2ccccc12. The quantitative estimate of drug-likeness (QED) is 0.199. The van der Waals surface area contributed by atoms with Crippen molar-refractivity contribution in [2.45, 2.75) is 0 Å². The van der Waals surface area contributed by atoms with E-state index in [1.165, 1.54) is 32.7 Å². The van der Waals surface area contributed by atoms with E-state index in [1.54, 1.807) is 11.3 Å². The summed E-state index contributed by atoms with van der Waals surface area (Å²) in [5.74, 6) is 0.